The van der Waals surface area contributed by atoms with Crippen molar-refractivity contribution in [1.29, 1.82) is 0 Å². The van der Waals surface area contributed by atoms with Crippen LogP contribution in [-0.2, 0) is 0 Å². The van der Waals surface area contributed by atoms with E-state index >= 15 is 0 Å². The van der Waals surface area contributed by atoms with Gasteiger partial charge in [-0.2, -0.15) is 0 Å². The summed E-state index contributed by atoms with van der Waals surface area (Å²) in [6.45, 7) is 11.1. The maximum atomic E-state index is 2.75. The summed E-state index contributed by atoms with van der Waals surface area (Å²) < 4.78 is 0. The lowest BCUT2D eigenvalue weighted by atomic mass is 9.85. The van der Waals surface area contributed by atoms with E-state index in [1.165, 1.54) is 38.5 Å². The Morgan fingerprint density at radius 2 is 1.53 bits per heavy atom. The van der Waals surface area contributed by atoms with Crippen molar-refractivity contribution >= 4 is 0 Å². The summed E-state index contributed by atoms with van der Waals surface area (Å²) in [7, 11) is 3.75. The first-order valence-electron chi connectivity index (χ1n) is 7.77. The molecule has 1 aliphatic rings. The van der Waals surface area contributed by atoms with Crippen molar-refractivity contribution in [2.24, 2.45) is 17.8 Å². The summed E-state index contributed by atoms with van der Waals surface area (Å²) >= 11 is 0. The Kier molecular flexibility index (Phi) is 15.9. The predicted molar refractivity (Wildman–Crippen MR) is 81.5 cm³/mol. The van der Waals surface area contributed by atoms with E-state index in [4.69, 9.17) is 0 Å². The fraction of sp³-hybridized carbons (Fsp3) is 1.00. The van der Waals surface area contributed by atoms with Crippen LogP contribution in [0.1, 0.15) is 73.1 Å². The third-order valence-electron chi connectivity index (χ3n) is 3.83. The molecule has 1 heteroatoms. The molecule has 0 saturated heterocycles. The molecule has 17 heavy (non-hydrogen) atoms. The van der Waals surface area contributed by atoms with Gasteiger partial charge in [0.15, 0.2) is 0 Å². The zero-order chi connectivity index (χ0) is 13.7. The molecular formula is C16H37N. The van der Waals surface area contributed by atoms with Gasteiger partial charge in [0.25, 0.3) is 0 Å². The monoisotopic (exact) mass is 243 g/mol. The van der Waals surface area contributed by atoms with E-state index in [0.717, 1.165) is 17.8 Å². The third-order valence-corrected chi connectivity index (χ3v) is 3.83. The lowest BCUT2D eigenvalue weighted by molar-refractivity contribution is 0.306. The molecule has 1 aliphatic carbocycles. The van der Waals surface area contributed by atoms with Gasteiger partial charge in [0, 0.05) is 0 Å². The normalized spacial score (nSPS) is 22.6. The van der Waals surface area contributed by atoms with E-state index in [1.54, 1.807) is 0 Å². The van der Waals surface area contributed by atoms with Crippen LogP contribution >= 0.6 is 0 Å². The van der Waals surface area contributed by atoms with Crippen molar-refractivity contribution < 1.29 is 0 Å². The summed E-state index contributed by atoms with van der Waals surface area (Å²) in [5.74, 6) is 3.09. The van der Waals surface area contributed by atoms with Crippen LogP contribution < -0.4 is 5.32 Å². The van der Waals surface area contributed by atoms with Gasteiger partial charge in [-0.15, -0.1) is 0 Å². The predicted octanol–water partition coefficient (Wildman–Crippen LogP) is 5.11. The smallest absolute Gasteiger partial charge is 0.0167 e. The summed E-state index contributed by atoms with van der Waals surface area (Å²) in [5.41, 5.74) is 0. The Morgan fingerprint density at radius 3 is 1.82 bits per heavy atom. The van der Waals surface area contributed by atoms with E-state index in [0.29, 0.717) is 0 Å². The van der Waals surface area contributed by atoms with Gasteiger partial charge in [-0.25, -0.2) is 0 Å². The van der Waals surface area contributed by atoms with E-state index in [1.807, 2.05) is 27.9 Å². The number of hydrogen-bond donors (Lipinski definition) is 1. The quantitative estimate of drug-likeness (QED) is 0.723. The Morgan fingerprint density at radius 1 is 1.06 bits per heavy atom. The molecule has 0 amide bonds. The molecule has 1 fully saturated rings. The molecule has 1 saturated carbocycles. The van der Waals surface area contributed by atoms with Crippen LogP contribution in [0.3, 0.4) is 0 Å². The second-order valence-electron chi connectivity index (χ2n) is 5.09. The van der Waals surface area contributed by atoms with Crippen molar-refractivity contribution in [2.45, 2.75) is 73.1 Å². The molecule has 1 N–H and O–H groups in total. The largest absolute Gasteiger partial charge is 0.323 e. The summed E-state index contributed by atoms with van der Waals surface area (Å²) in [4.78, 5) is 0. The Balaban J connectivity index is 0. The van der Waals surface area contributed by atoms with E-state index in [2.05, 4.69) is 26.1 Å². The number of nitrogens with one attached hydrogen (secondary N) is 1. The molecule has 2 unspecified atom stereocenters. The highest BCUT2D eigenvalue weighted by Crippen LogP contribution is 2.36. The van der Waals surface area contributed by atoms with Gasteiger partial charge in [0.1, 0.15) is 0 Å². The average Bonchev–Trinajstić information content (AvgIpc) is 2.75. The Hall–Kier alpha value is -0.0400. The Labute approximate surface area is 111 Å². The molecular weight excluding hydrogens is 206 g/mol. The van der Waals surface area contributed by atoms with Crippen molar-refractivity contribution in [2.75, 3.05) is 14.1 Å². The van der Waals surface area contributed by atoms with Crippen LogP contribution in [0.15, 0.2) is 0 Å². The molecule has 1 nitrogen and oxygen atoms in total. The van der Waals surface area contributed by atoms with E-state index in [-0.39, 0.29) is 0 Å². The molecule has 106 valence electrons. The topological polar surface area (TPSA) is 12.0 Å². The molecule has 0 heterocycles. The van der Waals surface area contributed by atoms with Gasteiger partial charge >= 0.3 is 0 Å². The van der Waals surface area contributed by atoms with Crippen molar-refractivity contribution in [1.82, 2.24) is 5.32 Å². The third kappa shape index (κ3) is 9.64. The fourth-order valence-corrected chi connectivity index (χ4v) is 2.62. The van der Waals surface area contributed by atoms with Crippen LogP contribution in [0.5, 0.6) is 0 Å². The number of rotatable bonds is 4. The molecule has 1 rings (SSSR count). The molecule has 0 spiro atoms. The van der Waals surface area contributed by atoms with Crippen molar-refractivity contribution in [3.8, 4) is 0 Å². The number of hydrogen-bond acceptors (Lipinski definition) is 1. The van der Waals surface area contributed by atoms with Crippen LogP contribution in [0.25, 0.3) is 0 Å². The summed E-state index contributed by atoms with van der Waals surface area (Å²) in [6, 6.07) is 0. The molecule has 0 aromatic carbocycles. The highest BCUT2D eigenvalue weighted by Gasteiger charge is 2.24. The van der Waals surface area contributed by atoms with Crippen LogP contribution in [0, 0.1) is 17.8 Å². The maximum Gasteiger partial charge on any atom is -0.0167 e. The lowest BCUT2D eigenvalue weighted by Crippen LogP contribution is -2.10. The second kappa shape index (κ2) is 14.0. The summed E-state index contributed by atoms with van der Waals surface area (Å²) in [6.07, 6.45) is 8.78. The molecule has 0 aromatic rings. The minimum absolute atomic E-state index is 1.01. The SMILES string of the molecule is CC.CCC(CC)CC1CCCC1C.CNC. The molecule has 0 bridgehead atoms. The van der Waals surface area contributed by atoms with Crippen LogP contribution in [0.2, 0.25) is 0 Å². The van der Waals surface area contributed by atoms with Gasteiger partial charge in [0.05, 0.1) is 0 Å². The van der Waals surface area contributed by atoms with Crippen molar-refractivity contribution in [3.05, 3.63) is 0 Å². The lowest BCUT2D eigenvalue weighted by Gasteiger charge is -2.20. The van der Waals surface area contributed by atoms with Gasteiger partial charge in [0.2, 0.25) is 0 Å². The highest BCUT2D eigenvalue weighted by atomic mass is 14.7. The average molecular weight is 243 g/mol. The van der Waals surface area contributed by atoms with Gasteiger partial charge in [-0.05, 0) is 38.3 Å². The molecule has 0 aliphatic heterocycles. The van der Waals surface area contributed by atoms with Crippen LogP contribution in [-0.4, -0.2) is 14.1 Å². The molecule has 0 aromatic heterocycles. The van der Waals surface area contributed by atoms with Crippen molar-refractivity contribution in [3.63, 3.8) is 0 Å². The molecule has 0 radical (unpaired) electrons. The zero-order valence-electron chi connectivity index (χ0n) is 13.5. The van der Waals surface area contributed by atoms with E-state index in [9.17, 15) is 0 Å². The first kappa shape index (κ1) is 19.3. The zero-order valence-corrected chi connectivity index (χ0v) is 13.5. The standard InChI is InChI=1S/C12H24.C2H7N.C2H6/c1-4-11(5-2)9-12-8-6-7-10(12)3;1-3-2;1-2/h10-12H,4-9H2,1-3H3;3H,1-2H3;1-2H3. The minimum atomic E-state index is 1.01. The van der Waals surface area contributed by atoms with Gasteiger partial charge in [-0.3, -0.25) is 0 Å². The molecule has 2 atom stereocenters. The fourth-order valence-electron chi connectivity index (χ4n) is 2.62. The second-order valence-corrected chi connectivity index (χ2v) is 5.09. The maximum absolute atomic E-state index is 2.75. The minimum Gasteiger partial charge on any atom is -0.323 e. The first-order valence-corrected chi connectivity index (χ1v) is 7.77. The highest BCUT2D eigenvalue weighted by molar-refractivity contribution is 4.76. The first-order chi connectivity index (χ1) is 8.19. The van der Waals surface area contributed by atoms with E-state index < -0.39 is 0 Å². The summed E-state index contributed by atoms with van der Waals surface area (Å²) in [5, 5.41) is 2.75. The van der Waals surface area contributed by atoms with Gasteiger partial charge in [-0.1, -0.05) is 66.7 Å². The van der Waals surface area contributed by atoms with Gasteiger partial charge < -0.3 is 5.32 Å². The van der Waals surface area contributed by atoms with Crippen LogP contribution in [0.4, 0.5) is 0 Å². The Bertz CT molecular complexity index is 129.